The van der Waals surface area contributed by atoms with Gasteiger partial charge in [0.05, 0.1) is 18.2 Å². The number of benzene rings is 2. The molecule has 176 valence electrons. The molecule has 0 amide bonds. The van der Waals surface area contributed by atoms with Crippen LogP contribution in [-0.2, 0) is 23.1 Å². The van der Waals surface area contributed by atoms with E-state index in [4.69, 9.17) is 53.3 Å². The van der Waals surface area contributed by atoms with Gasteiger partial charge in [-0.05, 0) is 44.0 Å². The average molecular weight is 524 g/mol. The van der Waals surface area contributed by atoms with Crippen LogP contribution in [0.5, 0.6) is 5.75 Å². The number of halogens is 3. The third-order valence-corrected chi connectivity index (χ3v) is 7.08. The lowest BCUT2D eigenvalue weighted by molar-refractivity contribution is -0.154. The number of rotatable bonds is 12. The first-order valence-electron chi connectivity index (χ1n) is 10.2. The van der Waals surface area contributed by atoms with Gasteiger partial charge in [-0.2, -0.15) is 0 Å². The maximum Gasteiger partial charge on any atom is 0.375 e. The molecule has 0 radical (unpaired) electrons. The average Bonchev–Trinajstić information content (AvgIpc) is 2.77. The molecule has 0 N–H and O–H groups in total. The first-order valence-corrected chi connectivity index (χ1v) is 12.9. The Bertz CT molecular complexity index is 943. The maximum absolute atomic E-state index is 13.7. The molecule has 0 heterocycles. The van der Waals surface area contributed by atoms with Crippen molar-refractivity contribution in [1.29, 1.82) is 0 Å². The quantitative estimate of drug-likeness (QED) is 0.210. The van der Waals surface area contributed by atoms with Gasteiger partial charge in [0.2, 0.25) is 5.85 Å². The van der Waals surface area contributed by atoms with E-state index in [2.05, 4.69) is 0 Å². The van der Waals surface area contributed by atoms with Crippen molar-refractivity contribution in [3.8, 4) is 5.75 Å². The fraction of sp³-hybridized carbons (Fsp3) is 0.409. The molecule has 0 aliphatic carbocycles. The van der Waals surface area contributed by atoms with Crippen molar-refractivity contribution in [3.05, 3.63) is 63.1 Å². The summed E-state index contributed by atoms with van der Waals surface area (Å²) >= 11 is 18.4. The Kier molecular flexibility index (Phi) is 10.8. The number of ether oxygens (including phenoxy) is 2. The molecule has 2 unspecified atom stereocenters. The van der Waals surface area contributed by atoms with Gasteiger partial charge < -0.3 is 18.5 Å². The molecular weight excluding hydrogens is 498 g/mol. The zero-order valence-corrected chi connectivity index (χ0v) is 21.2. The number of hydrogen-bond donors (Lipinski definition) is 0. The van der Waals surface area contributed by atoms with E-state index >= 15 is 0 Å². The number of carbonyl (C=O) groups excluding carboxylic acids is 1. The van der Waals surface area contributed by atoms with Gasteiger partial charge in [0.25, 0.3) is 0 Å². The highest BCUT2D eigenvalue weighted by Crippen LogP contribution is 2.62. The molecule has 0 fully saturated rings. The standard InChI is InChI=1S/C22H26Cl3O6P/c1-4-12-28-32(27,29-13-5-2)22(17-8-6-7-9-18(17)24)31-21(26)15(3)30-20-11-10-16(23)14-19(20)25/h6-11,14-15,22H,4-5,12-13H2,1-3H3. The Balaban J connectivity index is 2.33. The molecule has 0 bridgehead atoms. The highest BCUT2D eigenvalue weighted by atomic mass is 35.5. The van der Waals surface area contributed by atoms with Gasteiger partial charge in [-0.1, -0.05) is 66.8 Å². The van der Waals surface area contributed by atoms with Crippen LogP contribution in [0.1, 0.15) is 45.0 Å². The molecule has 32 heavy (non-hydrogen) atoms. The molecule has 0 spiro atoms. The van der Waals surface area contributed by atoms with Crippen molar-refractivity contribution < 1.29 is 27.9 Å². The van der Waals surface area contributed by atoms with Gasteiger partial charge >= 0.3 is 13.6 Å². The van der Waals surface area contributed by atoms with Crippen molar-refractivity contribution in [3.63, 3.8) is 0 Å². The summed E-state index contributed by atoms with van der Waals surface area (Å²) in [7, 11) is -3.93. The van der Waals surface area contributed by atoms with Crippen LogP contribution in [0.3, 0.4) is 0 Å². The van der Waals surface area contributed by atoms with Crippen LogP contribution in [0.25, 0.3) is 0 Å². The first-order chi connectivity index (χ1) is 15.2. The summed E-state index contributed by atoms with van der Waals surface area (Å²) in [6, 6.07) is 11.2. The molecule has 6 nitrogen and oxygen atoms in total. The molecule has 2 atom stereocenters. The van der Waals surface area contributed by atoms with E-state index in [1.807, 2.05) is 13.8 Å². The fourth-order valence-corrected chi connectivity index (χ4v) is 5.38. The molecule has 0 aromatic heterocycles. The Hall–Kier alpha value is -1.27. The minimum Gasteiger partial charge on any atom is -0.477 e. The van der Waals surface area contributed by atoms with E-state index in [0.29, 0.717) is 23.4 Å². The van der Waals surface area contributed by atoms with Crippen LogP contribution in [0.15, 0.2) is 42.5 Å². The van der Waals surface area contributed by atoms with E-state index in [-0.39, 0.29) is 29.0 Å². The van der Waals surface area contributed by atoms with Crippen LogP contribution in [0, 0.1) is 0 Å². The van der Waals surface area contributed by atoms with Gasteiger partial charge in [0.1, 0.15) is 5.75 Å². The number of esters is 1. The summed E-state index contributed by atoms with van der Waals surface area (Å²) in [4.78, 5) is 12.9. The Morgan fingerprint density at radius 3 is 2.16 bits per heavy atom. The monoisotopic (exact) mass is 522 g/mol. The second-order valence-electron chi connectivity index (χ2n) is 6.85. The molecule has 0 aliphatic rings. The molecule has 0 saturated heterocycles. The summed E-state index contributed by atoms with van der Waals surface area (Å²) in [6.07, 6.45) is 0.110. The zero-order valence-electron chi connectivity index (χ0n) is 18.1. The van der Waals surface area contributed by atoms with E-state index in [0.717, 1.165) is 0 Å². The van der Waals surface area contributed by atoms with Crippen molar-refractivity contribution >= 4 is 48.4 Å². The lowest BCUT2D eigenvalue weighted by atomic mass is 10.2. The highest BCUT2D eigenvalue weighted by molar-refractivity contribution is 7.54. The third kappa shape index (κ3) is 7.38. The lowest BCUT2D eigenvalue weighted by Gasteiger charge is -2.28. The fourth-order valence-electron chi connectivity index (χ4n) is 2.60. The predicted molar refractivity (Wildman–Crippen MR) is 127 cm³/mol. The molecule has 10 heteroatoms. The van der Waals surface area contributed by atoms with Crippen LogP contribution in [-0.4, -0.2) is 25.3 Å². The smallest absolute Gasteiger partial charge is 0.375 e. The Morgan fingerprint density at radius 1 is 0.969 bits per heavy atom. The molecule has 0 saturated carbocycles. The summed E-state index contributed by atoms with van der Waals surface area (Å²) < 4.78 is 36.2. The topological polar surface area (TPSA) is 71.1 Å². The second kappa shape index (κ2) is 12.8. The van der Waals surface area contributed by atoms with Crippen LogP contribution >= 0.6 is 42.4 Å². The maximum atomic E-state index is 13.7. The Labute approximate surface area is 203 Å². The minimum atomic E-state index is -3.93. The van der Waals surface area contributed by atoms with Crippen molar-refractivity contribution in [2.45, 2.75) is 45.6 Å². The summed E-state index contributed by atoms with van der Waals surface area (Å²) in [5, 5.41) is 0.932. The van der Waals surface area contributed by atoms with Gasteiger partial charge in [-0.3, -0.25) is 4.57 Å². The predicted octanol–water partition coefficient (Wildman–Crippen LogP) is 7.70. The van der Waals surface area contributed by atoms with Gasteiger partial charge in [-0.25, -0.2) is 4.79 Å². The van der Waals surface area contributed by atoms with E-state index < -0.39 is 25.5 Å². The Morgan fingerprint density at radius 2 is 1.59 bits per heavy atom. The first kappa shape index (κ1) is 27.0. The van der Waals surface area contributed by atoms with E-state index in [1.165, 1.54) is 13.0 Å². The molecule has 2 aromatic carbocycles. The van der Waals surface area contributed by atoms with Gasteiger partial charge in [0, 0.05) is 15.6 Å². The van der Waals surface area contributed by atoms with Crippen molar-refractivity contribution in [1.82, 2.24) is 0 Å². The van der Waals surface area contributed by atoms with Crippen LogP contribution in [0.4, 0.5) is 0 Å². The van der Waals surface area contributed by atoms with E-state index in [1.54, 1.807) is 36.4 Å². The summed E-state index contributed by atoms with van der Waals surface area (Å²) in [6.45, 7) is 5.54. The van der Waals surface area contributed by atoms with E-state index in [9.17, 15) is 9.36 Å². The van der Waals surface area contributed by atoms with Gasteiger partial charge in [0.15, 0.2) is 6.10 Å². The highest BCUT2D eigenvalue weighted by Gasteiger charge is 2.42. The normalized spacial score (nSPS) is 13.4. The largest absolute Gasteiger partial charge is 0.477 e. The molecular formula is C22H26Cl3O6P. The minimum absolute atomic E-state index is 0.159. The summed E-state index contributed by atoms with van der Waals surface area (Å²) in [5.41, 5.74) is 0.315. The third-order valence-electron chi connectivity index (χ3n) is 4.17. The number of hydrogen-bond acceptors (Lipinski definition) is 6. The van der Waals surface area contributed by atoms with Crippen LogP contribution < -0.4 is 4.74 Å². The SMILES string of the molecule is CCCOP(=O)(OCCC)C(OC(=O)C(C)Oc1ccc(Cl)cc1Cl)c1ccccc1Cl. The van der Waals surface area contributed by atoms with Crippen molar-refractivity contribution in [2.75, 3.05) is 13.2 Å². The second-order valence-corrected chi connectivity index (χ2v) is 10.2. The van der Waals surface area contributed by atoms with Crippen LogP contribution in [0.2, 0.25) is 15.1 Å². The molecule has 0 aliphatic heterocycles. The number of carbonyl (C=O) groups is 1. The lowest BCUT2D eigenvalue weighted by Crippen LogP contribution is -2.28. The van der Waals surface area contributed by atoms with Crippen molar-refractivity contribution in [2.24, 2.45) is 0 Å². The van der Waals surface area contributed by atoms with Gasteiger partial charge in [-0.15, -0.1) is 0 Å². The molecule has 2 rings (SSSR count). The summed E-state index contributed by atoms with van der Waals surface area (Å²) in [5.74, 6) is -1.91. The molecule has 2 aromatic rings. The zero-order chi connectivity index (χ0) is 23.7.